The molecule has 2 saturated heterocycles. The van der Waals surface area contributed by atoms with Crippen LogP contribution in [0.3, 0.4) is 0 Å². The van der Waals surface area contributed by atoms with Crippen LogP contribution in [0.4, 0.5) is 14.5 Å². The molecule has 1 spiro atoms. The Balaban J connectivity index is 1.37. The smallest absolute Gasteiger partial charge is 0.328 e. The van der Waals surface area contributed by atoms with Gasteiger partial charge in [-0.05, 0) is 60.5 Å². The molecular formula is C30H40F2N4O5. The minimum Gasteiger partial charge on any atom is -0.467 e. The summed E-state index contributed by atoms with van der Waals surface area (Å²) in [6.45, 7) is 9.91. The van der Waals surface area contributed by atoms with Crippen molar-refractivity contribution in [1.82, 2.24) is 15.5 Å². The Labute approximate surface area is 239 Å². The SMILES string of the molecule is COC(=O)[C@H](C[C@@H]1CC2(CC2)NC1=O)NC(=O)[C@@H]1[C@@H]2[C@H](CN1C(=O)[C@@H](Nc1ccc(F)cc1F)C(C)(C)C)C2(C)C. The van der Waals surface area contributed by atoms with Crippen LogP contribution in [0, 0.1) is 40.2 Å². The van der Waals surface area contributed by atoms with Crippen LogP contribution in [0.2, 0.25) is 0 Å². The predicted octanol–water partition coefficient (Wildman–Crippen LogP) is 2.99. The number of hydrogen-bond acceptors (Lipinski definition) is 6. The molecule has 4 aliphatic rings. The number of fused-ring (bicyclic) bond motifs is 1. The van der Waals surface area contributed by atoms with E-state index >= 15 is 0 Å². The topological polar surface area (TPSA) is 117 Å². The van der Waals surface area contributed by atoms with Crippen molar-refractivity contribution in [2.75, 3.05) is 19.0 Å². The van der Waals surface area contributed by atoms with Gasteiger partial charge >= 0.3 is 5.97 Å². The second-order valence-corrected chi connectivity index (χ2v) is 13.9. The molecule has 2 saturated carbocycles. The fraction of sp³-hybridized carbons (Fsp3) is 0.667. The molecule has 41 heavy (non-hydrogen) atoms. The first-order chi connectivity index (χ1) is 19.1. The number of carbonyl (C=O) groups is 4. The van der Waals surface area contributed by atoms with Gasteiger partial charge in [0.25, 0.3) is 0 Å². The van der Waals surface area contributed by atoms with Gasteiger partial charge in [0.05, 0.1) is 12.8 Å². The highest BCUT2D eigenvalue weighted by Crippen LogP contribution is 2.65. The zero-order chi connectivity index (χ0) is 30.1. The minimum atomic E-state index is -1.04. The molecule has 1 aromatic carbocycles. The maximum atomic E-state index is 14.6. The molecule has 6 atom stereocenters. The summed E-state index contributed by atoms with van der Waals surface area (Å²) in [5.74, 6) is -3.66. The maximum Gasteiger partial charge on any atom is 0.328 e. The molecule has 4 fully saturated rings. The number of nitrogens with zero attached hydrogens (tertiary/aromatic N) is 1. The fourth-order valence-electron chi connectivity index (χ4n) is 6.94. The zero-order valence-corrected chi connectivity index (χ0v) is 24.5. The van der Waals surface area contributed by atoms with Gasteiger partial charge < -0.3 is 25.6 Å². The van der Waals surface area contributed by atoms with Crippen molar-refractivity contribution in [2.45, 2.75) is 84.0 Å². The molecule has 0 bridgehead atoms. The van der Waals surface area contributed by atoms with Crippen molar-refractivity contribution in [1.29, 1.82) is 0 Å². The lowest BCUT2D eigenvalue weighted by Gasteiger charge is -2.38. The second-order valence-electron chi connectivity index (χ2n) is 13.9. The van der Waals surface area contributed by atoms with Crippen LogP contribution in [0.15, 0.2) is 18.2 Å². The minimum absolute atomic E-state index is 0.0145. The largest absolute Gasteiger partial charge is 0.467 e. The third-order valence-electron chi connectivity index (χ3n) is 9.68. The van der Waals surface area contributed by atoms with Gasteiger partial charge in [-0.25, -0.2) is 13.6 Å². The Morgan fingerprint density at radius 1 is 1.20 bits per heavy atom. The molecule has 11 heteroatoms. The lowest BCUT2D eigenvalue weighted by atomic mass is 9.85. The third-order valence-corrected chi connectivity index (χ3v) is 9.68. The normalized spacial score (nSPS) is 28.4. The number of methoxy groups -OCH3 is 1. The van der Waals surface area contributed by atoms with Crippen LogP contribution in [0.5, 0.6) is 0 Å². The standard InChI is InChI=1S/C30H40F2N4O5/c1-28(2,3)23(33-19-8-7-16(31)12-18(19)32)26(39)36-14-17-21(29(17,4)5)22(36)25(38)34-20(27(40)41-6)11-15-13-30(9-10-30)35-24(15)37/h7-8,12,15,17,20-23,33H,9-11,13-14H2,1-6H3,(H,34,38)(H,35,37)/t15-,17+,20+,21+,22+,23-/m1/s1. The molecule has 2 aliphatic heterocycles. The highest BCUT2D eigenvalue weighted by atomic mass is 19.1. The zero-order valence-electron chi connectivity index (χ0n) is 24.5. The number of piperidine rings is 1. The summed E-state index contributed by atoms with van der Waals surface area (Å²) in [6.07, 6.45) is 2.54. The Bertz CT molecular complexity index is 1270. The summed E-state index contributed by atoms with van der Waals surface area (Å²) >= 11 is 0. The highest BCUT2D eigenvalue weighted by molar-refractivity contribution is 5.95. The van der Waals surface area contributed by atoms with Gasteiger partial charge in [0.1, 0.15) is 29.8 Å². The molecule has 3 amide bonds. The van der Waals surface area contributed by atoms with E-state index in [4.69, 9.17) is 4.74 Å². The van der Waals surface area contributed by atoms with Crippen molar-refractivity contribution in [3.63, 3.8) is 0 Å². The first-order valence-corrected chi connectivity index (χ1v) is 14.3. The maximum absolute atomic E-state index is 14.6. The summed E-state index contributed by atoms with van der Waals surface area (Å²) in [4.78, 5) is 54.8. The predicted molar refractivity (Wildman–Crippen MR) is 146 cm³/mol. The van der Waals surface area contributed by atoms with Crippen LogP contribution in [-0.2, 0) is 23.9 Å². The monoisotopic (exact) mass is 574 g/mol. The Morgan fingerprint density at radius 3 is 2.44 bits per heavy atom. The number of benzene rings is 1. The van der Waals surface area contributed by atoms with Crippen LogP contribution < -0.4 is 16.0 Å². The average molecular weight is 575 g/mol. The number of hydrogen-bond donors (Lipinski definition) is 3. The van der Waals surface area contributed by atoms with Crippen molar-refractivity contribution in [3.05, 3.63) is 29.8 Å². The van der Waals surface area contributed by atoms with Gasteiger partial charge in [-0.15, -0.1) is 0 Å². The number of rotatable bonds is 8. The second kappa shape index (κ2) is 9.94. The summed E-state index contributed by atoms with van der Waals surface area (Å²) in [7, 11) is 1.23. The Morgan fingerprint density at radius 2 is 1.88 bits per heavy atom. The van der Waals surface area contributed by atoms with Crippen LogP contribution in [0.1, 0.15) is 60.3 Å². The summed E-state index contributed by atoms with van der Waals surface area (Å²) in [5.41, 5.74) is -1.06. The number of esters is 1. The van der Waals surface area contributed by atoms with Crippen molar-refractivity contribution in [3.8, 4) is 0 Å². The van der Waals surface area contributed by atoms with Gasteiger partial charge in [-0.2, -0.15) is 0 Å². The van der Waals surface area contributed by atoms with Gasteiger partial charge in [0.2, 0.25) is 17.7 Å². The lowest BCUT2D eigenvalue weighted by Crippen LogP contribution is -2.58. The molecule has 0 unspecified atom stereocenters. The van der Waals surface area contributed by atoms with Crippen LogP contribution >= 0.6 is 0 Å². The Hall–Kier alpha value is -3.24. The highest BCUT2D eigenvalue weighted by Gasteiger charge is 2.70. The van der Waals surface area contributed by atoms with E-state index in [0.29, 0.717) is 13.0 Å². The molecule has 224 valence electrons. The van der Waals surface area contributed by atoms with Gasteiger partial charge in [0, 0.05) is 24.1 Å². The van der Waals surface area contributed by atoms with E-state index in [9.17, 15) is 28.0 Å². The number of anilines is 1. The molecule has 0 radical (unpaired) electrons. The first-order valence-electron chi connectivity index (χ1n) is 14.3. The van der Waals surface area contributed by atoms with E-state index in [-0.39, 0.29) is 46.7 Å². The van der Waals surface area contributed by atoms with E-state index in [1.807, 2.05) is 34.6 Å². The number of amides is 3. The first kappa shape index (κ1) is 29.3. The molecular weight excluding hydrogens is 534 g/mol. The average Bonchev–Trinajstić information content (AvgIpc) is 3.60. The van der Waals surface area contributed by atoms with E-state index in [1.165, 1.54) is 18.1 Å². The lowest BCUT2D eigenvalue weighted by molar-refractivity contribution is -0.148. The fourth-order valence-corrected chi connectivity index (χ4v) is 6.94. The summed E-state index contributed by atoms with van der Waals surface area (Å²) in [6, 6.07) is 0.288. The van der Waals surface area contributed by atoms with Crippen molar-refractivity contribution in [2.24, 2.45) is 28.6 Å². The number of carbonyl (C=O) groups excluding carboxylic acids is 4. The number of nitrogens with one attached hydrogen (secondary N) is 3. The van der Waals surface area contributed by atoms with Crippen molar-refractivity contribution >= 4 is 29.4 Å². The molecule has 3 N–H and O–H groups in total. The molecule has 5 rings (SSSR count). The quantitative estimate of drug-likeness (QED) is 0.411. The molecule has 1 aromatic rings. The molecule has 9 nitrogen and oxygen atoms in total. The molecule has 2 aliphatic carbocycles. The van der Waals surface area contributed by atoms with Gasteiger partial charge in [-0.1, -0.05) is 34.6 Å². The third kappa shape index (κ3) is 5.39. The summed E-state index contributed by atoms with van der Waals surface area (Å²) < 4.78 is 33.0. The van der Waals surface area contributed by atoms with E-state index < -0.39 is 53.0 Å². The number of likely N-dealkylation sites (tertiary alicyclic amines) is 1. The van der Waals surface area contributed by atoms with Crippen LogP contribution in [-0.4, -0.2) is 65.9 Å². The number of halogens is 2. The van der Waals surface area contributed by atoms with Crippen molar-refractivity contribution < 1.29 is 32.7 Å². The van der Waals surface area contributed by atoms with E-state index in [1.54, 1.807) is 0 Å². The van der Waals surface area contributed by atoms with Crippen LogP contribution in [0.25, 0.3) is 0 Å². The molecule has 2 heterocycles. The van der Waals surface area contributed by atoms with Gasteiger partial charge in [-0.3, -0.25) is 14.4 Å². The Kier molecular flexibility index (Phi) is 7.10. The van der Waals surface area contributed by atoms with E-state index in [0.717, 1.165) is 25.0 Å². The molecule has 0 aromatic heterocycles. The number of ether oxygens (including phenoxy) is 1. The summed E-state index contributed by atoms with van der Waals surface area (Å²) in [5, 5.41) is 8.78. The van der Waals surface area contributed by atoms with Gasteiger partial charge in [0.15, 0.2) is 0 Å². The van der Waals surface area contributed by atoms with E-state index in [2.05, 4.69) is 16.0 Å².